The van der Waals surface area contributed by atoms with E-state index in [1.54, 1.807) is 0 Å². The Morgan fingerprint density at radius 3 is 2.57 bits per heavy atom. The molecular weight excluding hydrogens is 203 g/mol. The smallest absolute Gasteiger partial charge is 0.108 e. The zero-order valence-corrected chi connectivity index (χ0v) is 6.35. The predicted molar refractivity (Wildman–Crippen MR) is 37.6 cm³/mol. The summed E-state index contributed by atoms with van der Waals surface area (Å²) in [6.07, 6.45) is 3.87. The maximum absolute atomic E-state index is 5.26. The minimum Gasteiger partial charge on any atom is -0.368 e. The molecule has 0 aliphatic carbocycles. The van der Waals surface area contributed by atoms with Crippen LogP contribution in [0.3, 0.4) is 0 Å². The number of alkyl halides is 1. The Balaban J connectivity index is 2.12. The summed E-state index contributed by atoms with van der Waals surface area (Å²) >= 11 is 2.33. The largest absolute Gasteiger partial charge is 0.368 e. The van der Waals surface area contributed by atoms with Crippen LogP contribution in [0.4, 0.5) is 0 Å². The Hall–Kier alpha value is 0.690. The maximum Gasteiger partial charge on any atom is 0.108 e. The van der Waals surface area contributed by atoms with E-state index in [0.29, 0.717) is 4.11 Å². The second-order valence-electron chi connectivity index (χ2n) is 1.78. The first-order valence-electron chi connectivity index (χ1n) is 2.65. The molecule has 7 heavy (non-hydrogen) atoms. The van der Waals surface area contributed by atoms with Gasteiger partial charge in [-0.15, -0.1) is 0 Å². The molecule has 0 aromatic carbocycles. The molecule has 0 aromatic rings. The van der Waals surface area contributed by atoms with Crippen molar-refractivity contribution < 1.29 is 4.74 Å². The lowest BCUT2D eigenvalue weighted by Crippen LogP contribution is -2.11. The molecule has 2 heteroatoms. The average Bonchev–Trinajstić information content (AvgIpc) is 1.69. The maximum atomic E-state index is 5.26. The van der Waals surface area contributed by atoms with Crippen molar-refractivity contribution >= 4 is 22.6 Å². The monoisotopic (exact) mass is 212 g/mol. The second kappa shape index (κ2) is 2.87. The van der Waals surface area contributed by atoms with Crippen molar-refractivity contribution in [1.29, 1.82) is 0 Å². The summed E-state index contributed by atoms with van der Waals surface area (Å²) in [5.41, 5.74) is 0. The lowest BCUT2D eigenvalue weighted by Gasteiger charge is -2.15. The van der Waals surface area contributed by atoms with Crippen molar-refractivity contribution in [2.75, 3.05) is 6.61 Å². The predicted octanol–water partition coefficient (Wildman–Crippen LogP) is 1.95. The standard InChI is InChI=1S/C5H9IO/c6-5-3-1-2-4-7-5/h5H,1-4H2/t5-/m0/s1. The van der Waals surface area contributed by atoms with Crippen LogP contribution >= 0.6 is 22.6 Å². The number of hydrogen-bond acceptors (Lipinski definition) is 1. The number of hydrogen-bond donors (Lipinski definition) is 0. The molecule has 0 aromatic heterocycles. The van der Waals surface area contributed by atoms with Gasteiger partial charge in [-0.2, -0.15) is 0 Å². The third-order valence-corrected chi connectivity index (χ3v) is 2.11. The van der Waals surface area contributed by atoms with E-state index in [1.165, 1.54) is 19.3 Å². The Bertz CT molecular complexity index is 50.0. The van der Waals surface area contributed by atoms with E-state index in [0.717, 1.165) is 6.61 Å². The minimum absolute atomic E-state index is 0.506. The first-order valence-corrected chi connectivity index (χ1v) is 3.90. The highest BCUT2D eigenvalue weighted by Crippen LogP contribution is 2.17. The average molecular weight is 212 g/mol. The Labute approximate surface area is 57.6 Å². The van der Waals surface area contributed by atoms with Crippen molar-refractivity contribution in [3.63, 3.8) is 0 Å². The summed E-state index contributed by atoms with van der Waals surface area (Å²) in [7, 11) is 0. The van der Waals surface area contributed by atoms with E-state index in [4.69, 9.17) is 4.74 Å². The summed E-state index contributed by atoms with van der Waals surface area (Å²) in [6, 6.07) is 0. The minimum atomic E-state index is 0.506. The fraction of sp³-hybridized carbons (Fsp3) is 1.00. The highest BCUT2D eigenvalue weighted by atomic mass is 127. The highest BCUT2D eigenvalue weighted by molar-refractivity contribution is 14.1. The molecule has 1 fully saturated rings. The van der Waals surface area contributed by atoms with Crippen LogP contribution in [0.5, 0.6) is 0 Å². The van der Waals surface area contributed by atoms with Crippen molar-refractivity contribution in [2.45, 2.75) is 23.4 Å². The van der Waals surface area contributed by atoms with Crippen LogP contribution in [0.2, 0.25) is 0 Å². The molecule has 0 N–H and O–H groups in total. The van der Waals surface area contributed by atoms with E-state index in [1.807, 2.05) is 0 Å². The molecular formula is C5H9IO. The van der Waals surface area contributed by atoms with Crippen LogP contribution < -0.4 is 0 Å². The second-order valence-corrected chi connectivity index (χ2v) is 3.17. The van der Waals surface area contributed by atoms with Crippen molar-refractivity contribution in [2.24, 2.45) is 0 Å². The summed E-state index contributed by atoms with van der Waals surface area (Å²) < 4.78 is 5.77. The van der Waals surface area contributed by atoms with Crippen molar-refractivity contribution in [3.8, 4) is 0 Å². The molecule has 0 bridgehead atoms. The zero-order valence-electron chi connectivity index (χ0n) is 4.19. The molecule has 42 valence electrons. The normalized spacial score (nSPS) is 33.0. The van der Waals surface area contributed by atoms with Gasteiger partial charge in [0, 0.05) is 6.61 Å². The lowest BCUT2D eigenvalue weighted by molar-refractivity contribution is 0.0834. The summed E-state index contributed by atoms with van der Waals surface area (Å²) in [5.74, 6) is 0. The van der Waals surface area contributed by atoms with Gasteiger partial charge in [0.2, 0.25) is 0 Å². The first-order chi connectivity index (χ1) is 3.39. The number of rotatable bonds is 0. The molecule has 0 saturated carbocycles. The van der Waals surface area contributed by atoms with Crippen LogP contribution in [-0.2, 0) is 4.74 Å². The van der Waals surface area contributed by atoms with Gasteiger partial charge in [0.25, 0.3) is 0 Å². The Kier molecular flexibility index (Phi) is 2.38. The molecule has 0 amide bonds. The van der Waals surface area contributed by atoms with Gasteiger partial charge in [-0.05, 0) is 19.3 Å². The summed E-state index contributed by atoms with van der Waals surface area (Å²) in [6.45, 7) is 0.980. The van der Waals surface area contributed by atoms with E-state index in [2.05, 4.69) is 22.6 Å². The molecule has 1 aliphatic heterocycles. The number of ether oxygens (including phenoxy) is 1. The Morgan fingerprint density at radius 1 is 1.43 bits per heavy atom. The van der Waals surface area contributed by atoms with Gasteiger partial charge < -0.3 is 4.74 Å². The van der Waals surface area contributed by atoms with E-state index in [9.17, 15) is 0 Å². The van der Waals surface area contributed by atoms with Crippen LogP contribution in [0.15, 0.2) is 0 Å². The van der Waals surface area contributed by atoms with Gasteiger partial charge in [0.1, 0.15) is 4.11 Å². The summed E-state index contributed by atoms with van der Waals surface area (Å²) in [4.78, 5) is 0. The molecule has 1 heterocycles. The number of halogens is 1. The van der Waals surface area contributed by atoms with Crippen molar-refractivity contribution in [1.82, 2.24) is 0 Å². The molecule has 1 atom stereocenters. The van der Waals surface area contributed by atoms with Crippen molar-refractivity contribution in [3.05, 3.63) is 0 Å². The molecule has 1 saturated heterocycles. The van der Waals surface area contributed by atoms with E-state index >= 15 is 0 Å². The topological polar surface area (TPSA) is 9.23 Å². The van der Waals surface area contributed by atoms with Gasteiger partial charge in [0.05, 0.1) is 0 Å². The molecule has 1 aliphatic rings. The van der Waals surface area contributed by atoms with Gasteiger partial charge in [-0.1, -0.05) is 22.6 Å². The van der Waals surface area contributed by atoms with Gasteiger partial charge in [-0.25, -0.2) is 0 Å². The van der Waals surface area contributed by atoms with Gasteiger partial charge in [0.15, 0.2) is 0 Å². The third kappa shape index (κ3) is 1.95. The van der Waals surface area contributed by atoms with E-state index in [-0.39, 0.29) is 0 Å². The van der Waals surface area contributed by atoms with Crippen LogP contribution in [-0.4, -0.2) is 10.7 Å². The molecule has 1 nitrogen and oxygen atoms in total. The van der Waals surface area contributed by atoms with Gasteiger partial charge in [-0.3, -0.25) is 0 Å². The SMILES string of the molecule is I[C@@H]1CCCCO1. The lowest BCUT2D eigenvalue weighted by atomic mass is 10.2. The van der Waals surface area contributed by atoms with E-state index < -0.39 is 0 Å². The van der Waals surface area contributed by atoms with Crippen LogP contribution in [0, 0.1) is 0 Å². The molecule has 0 spiro atoms. The Morgan fingerprint density at radius 2 is 2.29 bits per heavy atom. The van der Waals surface area contributed by atoms with Crippen LogP contribution in [0.25, 0.3) is 0 Å². The summed E-state index contributed by atoms with van der Waals surface area (Å²) in [5, 5.41) is 0. The quantitative estimate of drug-likeness (QED) is 0.440. The fourth-order valence-corrected chi connectivity index (χ4v) is 1.40. The zero-order chi connectivity index (χ0) is 5.11. The third-order valence-electron chi connectivity index (χ3n) is 1.12. The highest BCUT2D eigenvalue weighted by Gasteiger charge is 2.07. The van der Waals surface area contributed by atoms with Gasteiger partial charge >= 0.3 is 0 Å². The molecule has 1 rings (SSSR count). The van der Waals surface area contributed by atoms with Crippen LogP contribution in [0.1, 0.15) is 19.3 Å². The first kappa shape index (κ1) is 5.82. The fourth-order valence-electron chi connectivity index (χ4n) is 0.701. The molecule has 0 radical (unpaired) electrons. The molecule has 0 unspecified atom stereocenters.